The molecule has 0 heterocycles. The lowest BCUT2D eigenvalue weighted by Gasteiger charge is -2.10. The van der Waals surface area contributed by atoms with E-state index in [9.17, 15) is 9.59 Å². The second-order valence-corrected chi connectivity index (χ2v) is 4.83. The van der Waals surface area contributed by atoms with E-state index in [1.165, 1.54) is 6.07 Å². The molecule has 0 fully saturated rings. The molecule has 0 aliphatic heterocycles. The molecule has 0 spiro atoms. The SMILES string of the molecule is CCCCCC(=O)Nc1c(Br)cccc1C(=O)O. The van der Waals surface area contributed by atoms with Crippen LogP contribution in [0.1, 0.15) is 43.0 Å². The molecule has 98 valence electrons. The maximum atomic E-state index is 11.7. The van der Waals surface area contributed by atoms with E-state index in [-0.39, 0.29) is 11.5 Å². The van der Waals surface area contributed by atoms with Crippen LogP contribution >= 0.6 is 15.9 Å². The van der Waals surface area contributed by atoms with Crippen LogP contribution in [0.25, 0.3) is 0 Å². The van der Waals surface area contributed by atoms with Crippen molar-refractivity contribution in [2.24, 2.45) is 0 Å². The van der Waals surface area contributed by atoms with Gasteiger partial charge >= 0.3 is 5.97 Å². The average molecular weight is 314 g/mol. The predicted octanol–water partition coefficient (Wildman–Crippen LogP) is 3.67. The predicted molar refractivity (Wildman–Crippen MR) is 73.9 cm³/mol. The standard InChI is InChI=1S/C13H16BrNO3/c1-2-3-4-8-11(16)15-12-9(13(17)18)6-5-7-10(12)14/h5-7H,2-4,8H2,1H3,(H,15,16)(H,17,18). The van der Waals surface area contributed by atoms with Gasteiger partial charge in [0, 0.05) is 10.9 Å². The fourth-order valence-corrected chi connectivity index (χ4v) is 2.03. The van der Waals surface area contributed by atoms with Gasteiger partial charge in [-0.05, 0) is 34.5 Å². The fourth-order valence-electron chi connectivity index (χ4n) is 1.57. The molecule has 0 atom stereocenters. The first-order chi connectivity index (χ1) is 8.56. The number of hydrogen-bond acceptors (Lipinski definition) is 2. The summed E-state index contributed by atoms with van der Waals surface area (Å²) in [6.07, 6.45) is 3.27. The third-order valence-electron chi connectivity index (χ3n) is 2.52. The Morgan fingerprint density at radius 2 is 2.06 bits per heavy atom. The molecule has 5 heteroatoms. The number of halogens is 1. The van der Waals surface area contributed by atoms with E-state index in [1.807, 2.05) is 0 Å². The summed E-state index contributed by atoms with van der Waals surface area (Å²) in [5.41, 5.74) is 0.416. The van der Waals surface area contributed by atoms with Crippen molar-refractivity contribution in [1.82, 2.24) is 0 Å². The number of unbranched alkanes of at least 4 members (excludes halogenated alkanes) is 2. The monoisotopic (exact) mass is 313 g/mol. The lowest BCUT2D eigenvalue weighted by atomic mass is 10.1. The van der Waals surface area contributed by atoms with E-state index in [0.717, 1.165) is 19.3 Å². The zero-order valence-corrected chi connectivity index (χ0v) is 11.8. The summed E-state index contributed by atoms with van der Waals surface area (Å²) >= 11 is 3.25. The summed E-state index contributed by atoms with van der Waals surface area (Å²) in [6.45, 7) is 2.06. The van der Waals surface area contributed by atoms with Gasteiger partial charge in [-0.15, -0.1) is 0 Å². The Labute approximate surface area is 115 Å². The minimum Gasteiger partial charge on any atom is -0.478 e. The molecule has 0 radical (unpaired) electrons. The summed E-state index contributed by atoms with van der Waals surface area (Å²) in [4.78, 5) is 22.7. The molecular weight excluding hydrogens is 298 g/mol. The normalized spacial score (nSPS) is 10.1. The Morgan fingerprint density at radius 1 is 1.33 bits per heavy atom. The summed E-state index contributed by atoms with van der Waals surface area (Å²) in [7, 11) is 0. The maximum Gasteiger partial charge on any atom is 0.337 e. The van der Waals surface area contributed by atoms with Gasteiger partial charge in [0.15, 0.2) is 0 Å². The summed E-state index contributed by atoms with van der Waals surface area (Å²) in [5.74, 6) is -1.21. The van der Waals surface area contributed by atoms with Crippen molar-refractivity contribution in [3.8, 4) is 0 Å². The molecule has 1 aromatic carbocycles. The highest BCUT2D eigenvalue weighted by molar-refractivity contribution is 9.10. The van der Waals surface area contributed by atoms with Gasteiger partial charge in [0.2, 0.25) is 5.91 Å². The Hall–Kier alpha value is -1.36. The Balaban J connectivity index is 2.77. The van der Waals surface area contributed by atoms with E-state index in [0.29, 0.717) is 16.6 Å². The van der Waals surface area contributed by atoms with Crippen LogP contribution in [-0.4, -0.2) is 17.0 Å². The van der Waals surface area contributed by atoms with Crippen molar-refractivity contribution in [3.63, 3.8) is 0 Å². The number of hydrogen-bond donors (Lipinski definition) is 2. The number of nitrogens with one attached hydrogen (secondary N) is 1. The molecule has 0 aromatic heterocycles. The number of anilines is 1. The van der Waals surface area contributed by atoms with Crippen molar-refractivity contribution in [2.45, 2.75) is 32.6 Å². The second-order valence-electron chi connectivity index (χ2n) is 3.97. The van der Waals surface area contributed by atoms with Gasteiger partial charge in [-0.25, -0.2) is 4.79 Å². The highest BCUT2D eigenvalue weighted by Gasteiger charge is 2.14. The van der Waals surface area contributed by atoms with Gasteiger partial charge in [-0.2, -0.15) is 0 Å². The Bertz CT molecular complexity index is 446. The van der Waals surface area contributed by atoms with Crippen LogP contribution in [0.5, 0.6) is 0 Å². The van der Waals surface area contributed by atoms with Gasteiger partial charge in [0.1, 0.15) is 0 Å². The first kappa shape index (κ1) is 14.7. The molecule has 1 amide bonds. The maximum absolute atomic E-state index is 11.7. The van der Waals surface area contributed by atoms with Gasteiger partial charge in [-0.1, -0.05) is 25.8 Å². The van der Waals surface area contributed by atoms with E-state index >= 15 is 0 Å². The first-order valence-corrected chi connectivity index (χ1v) is 6.67. The smallest absolute Gasteiger partial charge is 0.337 e. The molecule has 18 heavy (non-hydrogen) atoms. The second kappa shape index (κ2) is 7.16. The third-order valence-corrected chi connectivity index (χ3v) is 3.18. The lowest BCUT2D eigenvalue weighted by molar-refractivity contribution is -0.116. The zero-order valence-electron chi connectivity index (χ0n) is 10.2. The van der Waals surface area contributed by atoms with Crippen molar-refractivity contribution < 1.29 is 14.7 Å². The van der Waals surface area contributed by atoms with Crippen LogP contribution in [0, 0.1) is 0 Å². The topological polar surface area (TPSA) is 66.4 Å². The minimum absolute atomic E-state index is 0.0909. The van der Waals surface area contributed by atoms with Crippen molar-refractivity contribution in [3.05, 3.63) is 28.2 Å². The Morgan fingerprint density at radius 3 is 2.67 bits per heavy atom. The Kier molecular flexibility index (Phi) is 5.85. The van der Waals surface area contributed by atoms with Crippen LogP contribution in [0.3, 0.4) is 0 Å². The average Bonchev–Trinajstić information content (AvgIpc) is 2.31. The van der Waals surface area contributed by atoms with Crippen molar-refractivity contribution >= 4 is 33.5 Å². The van der Waals surface area contributed by atoms with Gasteiger partial charge in [0.25, 0.3) is 0 Å². The minimum atomic E-state index is -1.06. The zero-order chi connectivity index (χ0) is 13.5. The molecule has 1 aromatic rings. The van der Waals surface area contributed by atoms with Gasteiger partial charge in [0.05, 0.1) is 11.3 Å². The van der Waals surface area contributed by atoms with Crippen LogP contribution in [0.15, 0.2) is 22.7 Å². The molecule has 4 nitrogen and oxygen atoms in total. The molecule has 0 unspecified atom stereocenters. The van der Waals surface area contributed by atoms with Crippen molar-refractivity contribution in [2.75, 3.05) is 5.32 Å². The molecule has 0 aliphatic carbocycles. The molecular formula is C13H16BrNO3. The van der Waals surface area contributed by atoms with Crippen LogP contribution in [0.2, 0.25) is 0 Å². The number of carboxylic acids is 1. The molecule has 2 N–H and O–H groups in total. The van der Waals surface area contributed by atoms with Crippen molar-refractivity contribution in [1.29, 1.82) is 0 Å². The summed E-state index contributed by atoms with van der Waals surface area (Å²) < 4.78 is 0.575. The number of benzene rings is 1. The summed E-state index contributed by atoms with van der Waals surface area (Å²) in [5, 5.41) is 11.7. The van der Waals surface area contributed by atoms with Crippen LogP contribution in [-0.2, 0) is 4.79 Å². The highest BCUT2D eigenvalue weighted by atomic mass is 79.9. The van der Waals surface area contributed by atoms with E-state index in [4.69, 9.17) is 5.11 Å². The molecule has 0 saturated heterocycles. The number of carbonyl (C=O) groups excluding carboxylic acids is 1. The number of carbonyl (C=O) groups is 2. The molecule has 1 rings (SSSR count). The molecule has 0 bridgehead atoms. The molecule has 0 saturated carbocycles. The van der Waals surface area contributed by atoms with E-state index in [1.54, 1.807) is 12.1 Å². The number of carboxylic acid groups (broad SMARTS) is 1. The van der Waals surface area contributed by atoms with Crippen LogP contribution in [0.4, 0.5) is 5.69 Å². The van der Waals surface area contributed by atoms with Gasteiger partial charge < -0.3 is 10.4 Å². The first-order valence-electron chi connectivity index (χ1n) is 5.88. The third kappa shape index (κ3) is 4.14. The van der Waals surface area contributed by atoms with Gasteiger partial charge in [-0.3, -0.25) is 4.79 Å². The van der Waals surface area contributed by atoms with E-state index < -0.39 is 5.97 Å². The summed E-state index contributed by atoms with van der Waals surface area (Å²) in [6, 6.07) is 4.79. The van der Waals surface area contributed by atoms with E-state index in [2.05, 4.69) is 28.2 Å². The number of aromatic carboxylic acids is 1. The van der Waals surface area contributed by atoms with Crippen LogP contribution < -0.4 is 5.32 Å². The number of rotatable bonds is 6. The largest absolute Gasteiger partial charge is 0.478 e. The number of amides is 1. The molecule has 0 aliphatic rings. The fraction of sp³-hybridized carbons (Fsp3) is 0.385. The number of para-hydroxylation sites is 1. The quantitative estimate of drug-likeness (QED) is 0.787. The highest BCUT2D eigenvalue weighted by Crippen LogP contribution is 2.26. The lowest BCUT2D eigenvalue weighted by Crippen LogP contribution is -2.14.